The number of carbonyl (C=O) groups is 1. The molecule has 0 spiro atoms. The molecular weight excluding hydrogens is 400 g/mol. The van der Waals surface area contributed by atoms with Crippen molar-refractivity contribution in [1.82, 2.24) is 4.98 Å². The number of hydrogen-bond donors (Lipinski definition) is 0. The minimum absolute atomic E-state index is 0.0376. The van der Waals surface area contributed by atoms with Gasteiger partial charge in [-0.15, -0.1) is 0 Å². The summed E-state index contributed by atoms with van der Waals surface area (Å²) in [7, 11) is 0. The number of carbonyl (C=O) groups excluding carboxylic acids is 1. The highest BCUT2D eigenvalue weighted by atomic mass is 32.1. The quantitative estimate of drug-likeness (QED) is 0.310. The van der Waals surface area contributed by atoms with E-state index < -0.39 is 0 Å². The van der Waals surface area contributed by atoms with Gasteiger partial charge in [0.1, 0.15) is 0 Å². The number of benzene rings is 4. The zero-order valence-corrected chi connectivity index (χ0v) is 18.1. The van der Waals surface area contributed by atoms with Crippen molar-refractivity contribution in [3.05, 3.63) is 108 Å². The van der Waals surface area contributed by atoms with E-state index in [1.165, 1.54) is 5.56 Å². The lowest BCUT2D eigenvalue weighted by Crippen LogP contribution is -2.30. The van der Waals surface area contributed by atoms with Crippen LogP contribution in [0.15, 0.2) is 91.0 Å². The molecule has 4 heteroatoms. The van der Waals surface area contributed by atoms with E-state index in [0.717, 1.165) is 38.1 Å². The molecule has 3 nitrogen and oxygen atoms in total. The Labute approximate surface area is 185 Å². The Kier molecular flexibility index (Phi) is 5.23. The predicted octanol–water partition coefficient (Wildman–Crippen LogP) is 6.86. The molecular formula is C27H22N2OS. The number of fused-ring (bicyclic) bond motifs is 2. The maximum absolute atomic E-state index is 13.7. The van der Waals surface area contributed by atoms with Gasteiger partial charge in [-0.3, -0.25) is 9.69 Å². The molecule has 0 atom stereocenters. The number of nitrogens with zero attached hydrogens (tertiary/aromatic N) is 2. The average Bonchev–Trinajstić information content (AvgIpc) is 3.25. The van der Waals surface area contributed by atoms with Gasteiger partial charge in [-0.25, -0.2) is 4.98 Å². The number of hydrogen-bond acceptors (Lipinski definition) is 3. The molecule has 0 aliphatic rings. The first kappa shape index (κ1) is 19.5. The van der Waals surface area contributed by atoms with E-state index in [2.05, 4.69) is 31.2 Å². The van der Waals surface area contributed by atoms with Gasteiger partial charge in [-0.05, 0) is 52.6 Å². The molecule has 0 unspecified atom stereocenters. The Morgan fingerprint density at radius 1 is 0.839 bits per heavy atom. The van der Waals surface area contributed by atoms with E-state index in [1.807, 2.05) is 66.7 Å². The Bertz CT molecular complexity index is 1370. The molecule has 0 radical (unpaired) electrons. The third kappa shape index (κ3) is 3.94. The van der Waals surface area contributed by atoms with Crippen LogP contribution in [0, 0.1) is 0 Å². The summed E-state index contributed by atoms with van der Waals surface area (Å²) in [5, 5.41) is 2.91. The molecule has 4 aromatic carbocycles. The lowest BCUT2D eigenvalue weighted by Gasteiger charge is -2.20. The van der Waals surface area contributed by atoms with E-state index in [1.54, 1.807) is 16.2 Å². The number of thiazole rings is 1. The van der Waals surface area contributed by atoms with E-state index in [9.17, 15) is 4.79 Å². The second kappa shape index (κ2) is 8.32. The smallest absolute Gasteiger partial charge is 0.260 e. The fraction of sp³-hybridized carbons (Fsp3) is 0.111. The Hall–Kier alpha value is -3.50. The van der Waals surface area contributed by atoms with Crippen LogP contribution in [0.1, 0.15) is 28.4 Å². The van der Waals surface area contributed by atoms with Crippen LogP contribution < -0.4 is 4.90 Å². The lowest BCUT2D eigenvalue weighted by molar-refractivity contribution is 0.0985. The van der Waals surface area contributed by atoms with Crippen LogP contribution in [-0.4, -0.2) is 10.9 Å². The zero-order valence-electron chi connectivity index (χ0n) is 17.3. The van der Waals surface area contributed by atoms with Crippen molar-refractivity contribution in [2.75, 3.05) is 4.90 Å². The summed E-state index contributed by atoms with van der Waals surface area (Å²) in [5.74, 6) is -0.0376. The molecule has 152 valence electrons. The molecule has 0 fully saturated rings. The standard InChI is InChI=1S/C27H22N2OS/c1-2-19-12-15-24-25(16-19)31-27(28-24)29(18-20-8-4-3-5-9-20)26(30)23-14-13-21-10-6-7-11-22(21)17-23/h3-17H,2,18H2,1H3. The highest BCUT2D eigenvalue weighted by molar-refractivity contribution is 7.22. The van der Waals surface area contributed by atoms with Crippen molar-refractivity contribution in [2.45, 2.75) is 19.9 Å². The number of anilines is 1. The molecule has 5 rings (SSSR count). The minimum Gasteiger partial charge on any atom is -0.279 e. The van der Waals surface area contributed by atoms with E-state index in [4.69, 9.17) is 4.98 Å². The fourth-order valence-corrected chi connectivity index (χ4v) is 4.79. The largest absolute Gasteiger partial charge is 0.279 e. The summed E-state index contributed by atoms with van der Waals surface area (Å²) in [6, 6.07) is 30.4. The molecule has 5 aromatic rings. The van der Waals surface area contributed by atoms with Gasteiger partial charge in [-0.1, -0.05) is 85.0 Å². The van der Waals surface area contributed by atoms with Gasteiger partial charge < -0.3 is 0 Å². The van der Waals surface area contributed by atoms with Crippen molar-refractivity contribution >= 4 is 43.4 Å². The summed E-state index contributed by atoms with van der Waals surface area (Å²) in [6.07, 6.45) is 0.979. The van der Waals surface area contributed by atoms with Gasteiger partial charge in [0.05, 0.1) is 16.8 Å². The Morgan fingerprint density at radius 3 is 2.42 bits per heavy atom. The van der Waals surface area contributed by atoms with E-state index in [-0.39, 0.29) is 5.91 Å². The number of amides is 1. The molecule has 1 amide bonds. The van der Waals surface area contributed by atoms with Gasteiger partial charge >= 0.3 is 0 Å². The van der Waals surface area contributed by atoms with E-state index >= 15 is 0 Å². The van der Waals surface area contributed by atoms with Crippen molar-refractivity contribution < 1.29 is 4.79 Å². The lowest BCUT2D eigenvalue weighted by atomic mass is 10.1. The first-order valence-corrected chi connectivity index (χ1v) is 11.3. The maximum atomic E-state index is 13.7. The second-order valence-electron chi connectivity index (χ2n) is 7.59. The summed E-state index contributed by atoms with van der Waals surface area (Å²) in [5.41, 5.74) is 3.95. The highest BCUT2D eigenvalue weighted by Crippen LogP contribution is 2.32. The topological polar surface area (TPSA) is 33.2 Å². The Balaban J connectivity index is 1.58. The van der Waals surface area contributed by atoms with Crippen LogP contribution in [0.2, 0.25) is 0 Å². The third-order valence-electron chi connectivity index (χ3n) is 5.51. The van der Waals surface area contributed by atoms with Crippen LogP contribution in [-0.2, 0) is 13.0 Å². The van der Waals surface area contributed by atoms with Gasteiger partial charge in [0.25, 0.3) is 5.91 Å². The minimum atomic E-state index is -0.0376. The van der Waals surface area contributed by atoms with Crippen molar-refractivity contribution in [3.63, 3.8) is 0 Å². The van der Waals surface area contributed by atoms with Crippen LogP contribution in [0.3, 0.4) is 0 Å². The molecule has 0 N–H and O–H groups in total. The van der Waals surface area contributed by atoms with Crippen LogP contribution >= 0.6 is 11.3 Å². The van der Waals surface area contributed by atoms with Gasteiger partial charge in [-0.2, -0.15) is 0 Å². The molecule has 0 aliphatic carbocycles. The average molecular weight is 423 g/mol. The van der Waals surface area contributed by atoms with Crippen LogP contribution in [0.4, 0.5) is 5.13 Å². The molecule has 1 heterocycles. The van der Waals surface area contributed by atoms with Crippen molar-refractivity contribution in [1.29, 1.82) is 0 Å². The summed E-state index contributed by atoms with van der Waals surface area (Å²) >= 11 is 1.57. The number of aryl methyl sites for hydroxylation is 1. The molecule has 0 aliphatic heterocycles. The summed E-state index contributed by atoms with van der Waals surface area (Å²) in [4.78, 5) is 20.3. The predicted molar refractivity (Wildman–Crippen MR) is 130 cm³/mol. The molecule has 1 aromatic heterocycles. The molecule has 0 bridgehead atoms. The highest BCUT2D eigenvalue weighted by Gasteiger charge is 2.22. The third-order valence-corrected chi connectivity index (χ3v) is 6.55. The summed E-state index contributed by atoms with van der Waals surface area (Å²) < 4.78 is 1.11. The van der Waals surface area contributed by atoms with Crippen LogP contribution in [0.5, 0.6) is 0 Å². The van der Waals surface area contributed by atoms with Gasteiger partial charge in [0.15, 0.2) is 5.13 Å². The van der Waals surface area contributed by atoms with Gasteiger partial charge in [0, 0.05) is 5.56 Å². The molecule has 0 saturated carbocycles. The van der Waals surface area contributed by atoms with Crippen molar-refractivity contribution in [3.8, 4) is 0 Å². The second-order valence-corrected chi connectivity index (χ2v) is 8.60. The summed E-state index contributed by atoms with van der Waals surface area (Å²) in [6.45, 7) is 2.63. The molecule has 31 heavy (non-hydrogen) atoms. The monoisotopic (exact) mass is 422 g/mol. The molecule has 0 saturated heterocycles. The SMILES string of the molecule is CCc1ccc2nc(N(Cc3ccccc3)C(=O)c3ccc4ccccc4c3)sc2c1. The zero-order chi connectivity index (χ0) is 21.2. The first-order valence-electron chi connectivity index (χ1n) is 10.5. The van der Waals surface area contributed by atoms with Crippen molar-refractivity contribution in [2.24, 2.45) is 0 Å². The normalized spacial score (nSPS) is 11.1. The first-order chi connectivity index (χ1) is 15.2. The maximum Gasteiger partial charge on any atom is 0.260 e. The number of rotatable bonds is 5. The Morgan fingerprint density at radius 2 is 1.61 bits per heavy atom. The van der Waals surface area contributed by atoms with Gasteiger partial charge in [0.2, 0.25) is 0 Å². The van der Waals surface area contributed by atoms with Crippen LogP contribution in [0.25, 0.3) is 21.0 Å². The fourth-order valence-electron chi connectivity index (χ4n) is 3.76. The van der Waals surface area contributed by atoms with E-state index in [0.29, 0.717) is 12.1 Å². The number of aromatic nitrogens is 1.